The van der Waals surface area contributed by atoms with Crippen molar-refractivity contribution in [3.8, 4) is 11.5 Å². The summed E-state index contributed by atoms with van der Waals surface area (Å²) in [7, 11) is 0. The van der Waals surface area contributed by atoms with E-state index in [1.54, 1.807) is 6.07 Å². The number of pyridine rings is 1. The van der Waals surface area contributed by atoms with Crippen molar-refractivity contribution in [3.05, 3.63) is 52.8 Å². The van der Waals surface area contributed by atoms with Crippen LogP contribution in [0.5, 0.6) is 11.5 Å². The molecule has 0 aliphatic heterocycles. The summed E-state index contributed by atoms with van der Waals surface area (Å²) in [5.41, 5.74) is 9.12. The number of rotatable bonds is 4. The van der Waals surface area contributed by atoms with Gasteiger partial charge >= 0.3 is 0 Å². The lowest BCUT2D eigenvalue weighted by atomic mass is 10.1. The quantitative estimate of drug-likeness (QED) is 0.660. The highest BCUT2D eigenvalue weighted by Crippen LogP contribution is 2.28. The number of benzene rings is 1. The molecule has 4 nitrogen and oxygen atoms in total. The number of nitrogens with one attached hydrogen (secondary N) is 1. The Bertz CT molecular complexity index is 650. The molecule has 0 amide bonds. The minimum atomic E-state index is -0.00174. The lowest BCUT2D eigenvalue weighted by molar-refractivity contribution is 0.471. The third-order valence-corrected chi connectivity index (χ3v) is 3.05. The number of nitrogens with zero attached hydrogens (tertiary/aromatic N) is 1. The van der Waals surface area contributed by atoms with Crippen molar-refractivity contribution < 1.29 is 4.74 Å². The van der Waals surface area contributed by atoms with Crippen LogP contribution >= 0.6 is 0 Å². The molecule has 1 aromatic carbocycles. The van der Waals surface area contributed by atoms with E-state index < -0.39 is 0 Å². The largest absolute Gasteiger partial charge is 0.455 e. The maximum Gasteiger partial charge on any atom is 0.148 e. The summed E-state index contributed by atoms with van der Waals surface area (Å²) in [6.45, 7) is 5.97. The predicted molar refractivity (Wildman–Crippen MR) is 80.6 cm³/mol. The average Bonchev–Trinajstić information content (AvgIpc) is 2.40. The van der Waals surface area contributed by atoms with Crippen LogP contribution in [0.25, 0.3) is 0 Å². The van der Waals surface area contributed by atoms with Gasteiger partial charge in [0.15, 0.2) is 0 Å². The number of amidine groups is 1. The highest BCUT2D eigenvalue weighted by atomic mass is 16.5. The van der Waals surface area contributed by atoms with Crippen LogP contribution < -0.4 is 10.5 Å². The zero-order chi connectivity index (χ0) is 14.7. The van der Waals surface area contributed by atoms with E-state index in [4.69, 9.17) is 15.9 Å². The van der Waals surface area contributed by atoms with Gasteiger partial charge in [-0.2, -0.15) is 0 Å². The Morgan fingerprint density at radius 2 is 1.95 bits per heavy atom. The first-order chi connectivity index (χ1) is 9.51. The van der Waals surface area contributed by atoms with E-state index >= 15 is 0 Å². The molecule has 2 aromatic rings. The second kappa shape index (κ2) is 5.74. The molecule has 1 heterocycles. The molecule has 0 unspecified atom stereocenters. The van der Waals surface area contributed by atoms with Crippen LogP contribution in [-0.4, -0.2) is 10.8 Å². The van der Waals surface area contributed by atoms with Crippen molar-refractivity contribution in [2.75, 3.05) is 0 Å². The van der Waals surface area contributed by atoms with Crippen molar-refractivity contribution in [1.82, 2.24) is 4.98 Å². The Balaban J connectivity index is 2.44. The Morgan fingerprint density at radius 3 is 2.60 bits per heavy atom. The normalized spacial score (nSPS) is 10.3. The molecule has 0 fully saturated rings. The summed E-state index contributed by atoms with van der Waals surface area (Å²) in [6.07, 6.45) is 0.790. The number of hydrogen-bond donors (Lipinski definition) is 2. The topological polar surface area (TPSA) is 72.0 Å². The molecule has 1 aromatic heterocycles. The van der Waals surface area contributed by atoms with Crippen molar-refractivity contribution in [3.63, 3.8) is 0 Å². The van der Waals surface area contributed by atoms with Crippen LogP contribution in [0.4, 0.5) is 0 Å². The monoisotopic (exact) mass is 269 g/mol. The van der Waals surface area contributed by atoms with Gasteiger partial charge in [-0.15, -0.1) is 0 Å². The zero-order valence-electron chi connectivity index (χ0n) is 12.0. The lowest BCUT2D eigenvalue weighted by Crippen LogP contribution is -2.12. The van der Waals surface area contributed by atoms with Crippen LogP contribution in [0.3, 0.4) is 0 Å². The third kappa shape index (κ3) is 2.96. The van der Waals surface area contributed by atoms with Crippen molar-refractivity contribution in [2.45, 2.75) is 27.2 Å². The smallest absolute Gasteiger partial charge is 0.148 e. The highest BCUT2D eigenvalue weighted by Gasteiger charge is 2.11. The molecule has 0 saturated carbocycles. The van der Waals surface area contributed by atoms with E-state index in [-0.39, 0.29) is 5.84 Å². The number of nitrogens with two attached hydrogens (primary N) is 1. The first kappa shape index (κ1) is 14.1. The molecule has 20 heavy (non-hydrogen) atoms. The van der Waals surface area contributed by atoms with Crippen molar-refractivity contribution in [2.24, 2.45) is 5.73 Å². The summed E-state index contributed by atoms with van der Waals surface area (Å²) in [6, 6.07) is 9.43. The van der Waals surface area contributed by atoms with Gasteiger partial charge in [0.05, 0.1) is 11.3 Å². The van der Waals surface area contributed by atoms with E-state index in [1.807, 2.05) is 45.0 Å². The molecular formula is C16H19N3O. The fraction of sp³-hybridized carbons (Fsp3) is 0.250. The maximum atomic E-state index is 7.63. The molecule has 4 heteroatoms. The van der Waals surface area contributed by atoms with Gasteiger partial charge in [0.2, 0.25) is 0 Å². The van der Waals surface area contributed by atoms with Crippen LogP contribution in [0.15, 0.2) is 30.3 Å². The molecule has 3 N–H and O–H groups in total. The molecule has 2 rings (SSSR count). The van der Waals surface area contributed by atoms with Gasteiger partial charge in [-0.05, 0) is 50.1 Å². The number of ether oxygens (including phenoxy) is 1. The van der Waals surface area contributed by atoms with Crippen LogP contribution in [0.2, 0.25) is 0 Å². The molecule has 0 atom stereocenters. The Morgan fingerprint density at radius 1 is 1.20 bits per heavy atom. The Hall–Kier alpha value is -2.36. The predicted octanol–water partition coefficient (Wildman–Crippen LogP) is 3.34. The first-order valence-electron chi connectivity index (χ1n) is 6.60. The molecule has 0 spiro atoms. The van der Waals surface area contributed by atoms with Gasteiger partial charge in [-0.25, -0.2) is 0 Å². The maximum absolute atomic E-state index is 7.63. The lowest BCUT2D eigenvalue weighted by Gasteiger charge is -2.13. The summed E-state index contributed by atoms with van der Waals surface area (Å²) in [4.78, 5) is 4.47. The average molecular weight is 269 g/mol. The fourth-order valence-corrected chi connectivity index (χ4v) is 2.00. The van der Waals surface area contributed by atoms with E-state index in [9.17, 15) is 0 Å². The van der Waals surface area contributed by atoms with Crippen molar-refractivity contribution in [1.29, 1.82) is 5.41 Å². The minimum absolute atomic E-state index is 0.00174. The minimum Gasteiger partial charge on any atom is -0.455 e. The third-order valence-electron chi connectivity index (χ3n) is 3.05. The number of aryl methyl sites for hydroxylation is 3. The van der Waals surface area contributed by atoms with Gasteiger partial charge in [0.1, 0.15) is 17.3 Å². The zero-order valence-corrected chi connectivity index (χ0v) is 12.0. The van der Waals surface area contributed by atoms with Crippen LogP contribution in [0, 0.1) is 19.3 Å². The van der Waals surface area contributed by atoms with Crippen LogP contribution in [0.1, 0.15) is 29.4 Å². The molecule has 0 aliphatic rings. The standard InChI is InChI=1S/C16H19N3O/c1-4-13-14(8-6-11(3)19-13)20-15-9-10(2)5-7-12(15)16(17)18/h5-9H,4H2,1-3H3,(H3,17,18). The summed E-state index contributed by atoms with van der Waals surface area (Å²) >= 11 is 0. The molecule has 104 valence electrons. The fourth-order valence-electron chi connectivity index (χ4n) is 2.00. The molecule has 0 radical (unpaired) electrons. The summed E-state index contributed by atoms with van der Waals surface area (Å²) in [5.74, 6) is 1.31. The van der Waals surface area contributed by atoms with E-state index in [2.05, 4.69) is 4.98 Å². The van der Waals surface area contributed by atoms with Crippen molar-refractivity contribution >= 4 is 5.84 Å². The Kier molecular flexibility index (Phi) is 4.03. The van der Waals surface area contributed by atoms with E-state index in [1.165, 1.54) is 0 Å². The second-order valence-electron chi connectivity index (χ2n) is 4.77. The van der Waals surface area contributed by atoms with E-state index in [0.717, 1.165) is 23.4 Å². The van der Waals surface area contributed by atoms with Gasteiger partial charge < -0.3 is 10.5 Å². The summed E-state index contributed by atoms with van der Waals surface area (Å²) < 4.78 is 5.95. The molecular weight excluding hydrogens is 250 g/mol. The van der Waals surface area contributed by atoms with Gasteiger partial charge in [-0.3, -0.25) is 10.4 Å². The number of nitrogen functional groups attached to an aromatic ring is 1. The highest BCUT2D eigenvalue weighted by molar-refractivity contribution is 5.97. The number of aromatic nitrogens is 1. The molecule has 0 saturated heterocycles. The molecule has 0 bridgehead atoms. The van der Waals surface area contributed by atoms with Gasteiger partial charge in [-0.1, -0.05) is 13.0 Å². The van der Waals surface area contributed by atoms with Gasteiger partial charge in [0, 0.05) is 5.69 Å². The second-order valence-corrected chi connectivity index (χ2v) is 4.77. The SMILES string of the molecule is CCc1nc(C)ccc1Oc1cc(C)ccc1C(=N)N. The molecule has 0 aliphatic carbocycles. The summed E-state index contributed by atoms with van der Waals surface area (Å²) in [5, 5.41) is 7.63. The van der Waals surface area contributed by atoms with E-state index in [0.29, 0.717) is 17.1 Å². The Labute approximate surface area is 119 Å². The van der Waals surface area contributed by atoms with Gasteiger partial charge in [0.25, 0.3) is 0 Å². The first-order valence-corrected chi connectivity index (χ1v) is 6.60. The van der Waals surface area contributed by atoms with Crippen LogP contribution in [-0.2, 0) is 6.42 Å². The number of hydrogen-bond acceptors (Lipinski definition) is 3.